The van der Waals surface area contributed by atoms with Gasteiger partial charge in [-0.2, -0.15) is 0 Å². The Balaban J connectivity index is 1.79. The zero-order valence-electron chi connectivity index (χ0n) is 12.2. The van der Waals surface area contributed by atoms with Crippen molar-refractivity contribution in [3.63, 3.8) is 0 Å². The SMILES string of the molecule is CC(C)C1CC(Nc2cccc3cnccc23)CCO1. The maximum absolute atomic E-state index is 5.84. The van der Waals surface area contributed by atoms with Crippen molar-refractivity contribution >= 4 is 16.5 Å². The molecule has 3 nitrogen and oxygen atoms in total. The van der Waals surface area contributed by atoms with Crippen LogP contribution in [0.5, 0.6) is 0 Å². The van der Waals surface area contributed by atoms with Crippen LogP contribution in [0.3, 0.4) is 0 Å². The van der Waals surface area contributed by atoms with Gasteiger partial charge in [0.25, 0.3) is 0 Å². The predicted octanol–water partition coefficient (Wildman–Crippen LogP) is 3.85. The van der Waals surface area contributed by atoms with E-state index in [9.17, 15) is 0 Å². The van der Waals surface area contributed by atoms with E-state index in [0.717, 1.165) is 19.4 Å². The summed E-state index contributed by atoms with van der Waals surface area (Å²) in [6, 6.07) is 8.92. The second-order valence-electron chi connectivity index (χ2n) is 5.92. The van der Waals surface area contributed by atoms with Crippen molar-refractivity contribution in [1.29, 1.82) is 0 Å². The molecule has 20 heavy (non-hydrogen) atoms. The van der Waals surface area contributed by atoms with Crippen LogP contribution in [0, 0.1) is 5.92 Å². The molecule has 1 saturated heterocycles. The van der Waals surface area contributed by atoms with E-state index in [-0.39, 0.29) is 0 Å². The molecule has 0 bridgehead atoms. The summed E-state index contributed by atoms with van der Waals surface area (Å²) in [5, 5.41) is 6.13. The molecule has 106 valence electrons. The minimum absolute atomic E-state index is 0.373. The van der Waals surface area contributed by atoms with Crippen molar-refractivity contribution in [3.05, 3.63) is 36.7 Å². The van der Waals surface area contributed by atoms with Gasteiger partial charge in [0.05, 0.1) is 6.10 Å². The summed E-state index contributed by atoms with van der Waals surface area (Å²) < 4.78 is 5.84. The lowest BCUT2D eigenvalue weighted by Crippen LogP contribution is -2.36. The van der Waals surface area contributed by atoms with Gasteiger partial charge >= 0.3 is 0 Å². The number of nitrogens with one attached hydrogen (secondary N) is 1. The summed E-state index contributed by atoms with van der Waals surface area (Å²) in [4.78, 5) is 4.19. The average molecular weight is 270 g/mol. The zero-order chi connectivity index (χ0) is 13.9. The van der Waals surface area contributed by atoms with Crippen LogP contribution in [-0.2, 0) is 4.74 Å². The summed E-state index contributed by atoms with van der Waals surface area (Å²) in [6.07, 6.45) is 6.30. The van der Waals surface area contributed by atoms with Crippen LogP contribution < -0.4 is 5.32 Å². The first-order valence-corrected chi connectivity index (χ1v) is 7.45. The van der Waals surface area contributed by atoms with E-state index >= 15 is 0 Å². The highest BCUT2D eigenvalue weighted by Crippen LogP contribution is 2.27. The van der Waals surface area contributed by atoms with Crippen LogP contribution in [0.4, 0.5) is 5.69 Å². The minimum Gasteiger partial charge on any atom is -0.382 e. The highest BCUT2D eigenvalue weighted by Gasteiger charge is 2.24. The molecule has 1 N–H and O–H groups in total. The normalized spacial score (nSPS) is 23.1. The van der Waals surface area contributed by atoms with Crippen LogP contribution in [0.2, 0.25) is 0 Å². The van der Waals surface area contributed by atoms with Crippen LogP contribution in [0.1, 0.15) is 26.7 Å². The van der Waals surface area contributed by atoms with E-state index in [1.807, 2.05) is 12.4 Å². The molecule has 1 aromatic carbocycles. The number of hydrogen-bond acceptors (Lipinski definition) is 3. The first-order chi connectivity index (χ1) is 9.74. The third kappa shape index (κ3) is 2.78. The topological polar surface area (TPSA) is 34.2 Å². The van der Waals surface area contributed by atoms with Gasteiger partial charge in [-0.25, -0.2) is 0 Å². The largest absolute Gasteiger partial charge is 0.382 e. The smallest absolute Gasteiger partial charge is 0.0617 e. The summed E-state index contributed by atoms with van der Waals surface area (Å²) >= 11 is 0. The second-order valence-corrected chi connectivity index (χ2v) is 5.92. The van der Waals surface area contributed by atoms with Gasteiger partial charge in [-0.05, 0) is 30.9 Å². The molecule has 0 amide bonds. The van der Waals surface area contributed by atoms with Crippen molar-refractivity contribution in [2.45, 2.75) is 38.8 Å². The highest BCUT2D eigenvalue weighted by molar-refractivity contribution is 5.93. The second kappa shape index (κ2) is 5.80. The molecule has 2 atom stereocenters. The Morgan fingerprint density at radius 2 is 2.20 bits per heavy atom. The van der Waals surface area contributed by atoms with Crippen molar-refractivity contribution in [2.75, 3.05) is 11.9 Å². The third-order valence-electron chi connectivity index (χ3n) is 4.10. The maximum atomic E-state index is 5.84. The summed E-state index contributed by atoms with van der Waals surface area (Å²) in [5.74, 6) is 0.580. The molecule has 2 heterocycles. The molecular formula is C17H22N2O. The monoisotopic (exact) mass is 270 g/mol. The molecular weight excluding hydrogens is 248 g/mol. The van der Waals surface area contributed by atoms with Crippen LogP contribution in [0.15, 0.2) is 36.7 Å². The molecule has 1 aliphatic heterocycles. The van der Waals surface area contributed by atoms with Crippen LogP contribution >= 0.6 is 0 Å². The van der Waals surface area contributed by atoms with Gasteiger partial charge in [-0.15, -0.1) is 0 Å². The van der Waals surface area contributed by atoms with E-state index in [0.29, 0.717) is 18.1 Å². The first kappa shape index (κ1) is 13.4. The summed E-state index contributed by atoms with van der Waals surface area (Å²) in [6.45, 7) is 5.32. The quantitative estimate of drug-likeness (QED) is 0.920. The number of hydrogen-bond donors (Lipinski definition) is 1. The number of ether oxygens (including phenoxy) is 1. The summed E-state index contributed by atoms with van der Waals surface area (Å²) in [5.41, 5.74) is 1.21. The Morgan fingerprint density at radius 1 is 1.30 bits per heavy atom. The number of rotatable bonds is 3. The van der Waals surface area contributed by atoms with Gasteiger partial charge in [-0.1, -0.05) is 26.0 Å². The number of aromatic nitrogens is 1. The molecule has 1 fully saturated rings. The lowest BCUT2D eigenvalue weighted by Gasteiger charge is -2.33. The van der Waals surface area contributed by atoms with Gasteiger partial charge in [-0.3, -0.25) is 4.98 Å². The zero-order valence-corrected chi connectivity index (χ0v) is 12.2. The van der Waals surface area contributed by atoms with Gasteiger partial charge in [0.15, 0.2) is 0 Å². The molecule has 0 spiro atoms. The fraction of sp³-hybridized carbons (Fsp3) is 0.471. The Bertz CT molecular complexity index is 577. The Morgan fingerprint density at radius 3 is 3.05 bits per heavy atom. The molecule has 0 radical (unpaired) electrons. The lowest BCUT2D eigenvalue weighted by molar-refractivity contribution is -0.0160. The first-order valence-electron chi connectivity index (χ1n) is 7.45. The van der Waals surface area contributed by atoms with Gasteiger partial charge in [0.2, 0.25) is 0 Å². The Labute approximate surface area is 120 Å². The third-order valence-corrected chi connectivity index (χ3v) is 4.10. The Hall–Kier alpha value is -1.61. The maximum Gasteiger partial charge on any atom is 0.0617 e. The molecule has 3 rings (SSSR count). The lowest BCUT2D eigenvalue weighted by atomic mass is 9.95. The van der Waals surface area contributed by atoms with E-state index < -0.39 is 0 Å². The number of nitrogens with zero attached hydrogens (tertiary/aromatic N) is 1. The average Bonchev–Trinajstić information content (AvgIpc) is 2.48. The number of pyridine rings is 1. The van der Waals surface area contributed by atoms with Gasteiger partial charge < -0.3 is 10.1 Å². The van der Waals surface area contributed by atoms with Crippen LogP contribution in [-0.4, -0.2) is 23.7 Å². The van der Waals surface area contributed by atoms with E-state index in [1.165, 1.54) is 16.5 Å². The van der Waals surface area contributed by atoms with Crippen molar-refractivity contribution < 1.29 is 4.74 Å². The fourth-order valence-electron chi connectivity index (χ4n) is 2.89. The van der Waals surface area contributed by atoms with E-state index in [1.54, 1.807) is 0 Å². The molecule has 3 heteroatoms. The molecule has 2 aromatic rings. The molecule has 1 aromatic heterocycles. The molecule has 0 saturated carbocycles. The minimum atomic E-state index is 0.373. The fourth-order valence-corrected chi connectivity index (χ4v) is 2.89. The number of benzene rings is 1. The van der Waals surface area contributed by atoms with Crippen molar-refractivity contribution in [1.82, 2.24) is 4.98 Å². The summed E-state index contributed by atoms with van der Waals surface area (Å²) in [7, 11) is 0. The van der Waals surface area contributed by atoms with Crippen LogP contribution in [0.25, 0.3) is 10.8 Å². The van der Waals surface area contributed by atoms with Gasteiger partial charge in [0.1, 0.15) is 0 Å². The van der Waals surface area contributed by atoms with E-state index in [2.05, 4.69) is 48.4 Å². The van der Waals surface area contributed by atoms with Crippen molar-refractivity contribution in [2.24, 2.45) is 5.92 Å². The highest BCUT2D eigenvalue weighted by atomic mass is 16.5. The standard InChI is InChI=1S/C17H22N2O/c1-12(2)17-10-14(7-9-20-17)19-16-5-3-4-13-11-18-8-6-15(13)16/h3-6,8,11-12,14,17,19H,7,9-10H2,1-2H3. The number of fused-ring (bicyclic) bond motifs is 1. The molecule has 2 unspecified atom stereocenters. The number of anilines is 1. The molecule has 1 aliphatic rings. The predicted molar refractivity (Wildman–Crippen MR) is 83.0 cm³/mol. The Kier molecular flexibility index (Phi) is 3.88. The van der Waals surface area contributed by atoms with Crippen molar-refractivity contribution in [3.8, 4) is 0 Å². The van der Waals surface area contributed by atoms with Gasteiger partial charge in [0, 0.05) is 41.5 Å². The van der Waals surface area contributed by atoms with E-state index in [4.69, 9.17) is 4.74 Å². The molecule has 0 aliphatic carbocycles.